The first-order valence-electron chi connectivity index (χ1n) is 8.71. The van der Waals surface area contributed by atoms with Crippen LogP contribution in [0.3, 0.4) is 0 Å². The van der Waals surface area contributed by atoms with Crippen LogP contribution in [0.4, 0.5) is 6.01 Å². The molecular formula is C18H28N4O. The minimum atomic E-state index is 0.582. The van der Waals surface area contributed by atoms with Gasteiger partial charge >= 0.3 is 6.01 Å². The molecule has 0 amide bonds. The van der Waals surface area contributed by atoms with Crippen LogP contribution in [-0.4, -0.2) is 34.8 Å². The molecule has 1 aromatic heterocycles. The molecule has 5 heteroatoms. The topological polar surface area (TPSA) is 45.4 Å². The summed E-state index contributed by atoms with van der Waals surface area (Å²) >= 11 is 0. The lowest BCUT2D eigenvalue weighted by molar-refractivity contribution is 0.221. The standard InChI is InChI=1S/C18H28N4O/c1-4-7-14-21(15-8-5-2)22(6-3)18-19-17(20-23-18)16-12-10-9-11-13-16/h9-13H,4-8,14-15H2,1-3H3. The van der Waals surface area contributed by atoms with Crippen molar-refractivity contribution in [3.05, 3.63) is 30.3 Å². The maximum Gasteiger partial charge on any atom is 0.338 e. The van der Waals surface area contributed by atoms with Gasteiger partial charge in [-0.15, -0.1) is 0 Å². The van der Waals surface area contributed by atoms with Gasteiger partial charge in [0.05, 0.1) is 0 Å². The molecule has 2 rings (SSSR count). The highest BCUT2D eigenvalue weighted by Crippen LogP contribution is 2.21. The predicted octanol–water partition coefficient (Wildman–Crippen LogP) is 4.38. The summed E-state index contributed by atoms with van der Waals surface area (Å²) in [5.74, 6) is 0.644. The molecule has 1 aromatic carbocycles. The van der Waals surface area contributed by atoms with Crippen molar-refractivity contribution in [1.82, 2.24) is 15.1 Å². The van der Waals surface area contributed by atoms with Crippen LogP contribution in [0.2, 0.25) is 0 Å². The van der Waals surface area contributed by atoms with Crippen molar-refractivity contribution < 1.29 is 4.52 Å². The molecule has 5 nitrogen and oxygen atoms in total. The highest BCUT2D eigenvalue weighted by molar-refractivity contribution is 5.55. The van der Waals surface area contributed by atoms with Crippen LogP contribution >= 0.6 is 0 Å². The molecule has 23 heavy (non-hydrogen) atoms. The van der Waals surface area contributed by atoms with Crippen LogP contribution in [0.1, 0.15) is 46.5 Å². The SMILES string of the molecule is CCCCN(CCCC)N(CC)c1nc(-c2ccccc2)no1. The quantitative estimate of drug-likeness (QED) is 0.609. The molecule has 1 heterocycles. The number of benzene rings is 1. The van der Waals surface area contributed by atoms with Crippen molar-refractivity contribution in [2.75, 3.05) is 24.6 Å². The summed E-state index contributed by atoms with van der Waals surface area (Å²) in [6.45, 7) is 9.42. The Morgan fingerprint density at radius 1 is 0.957 bits per heavy atom. The summed E-state index contributed by atoms with van der Waals surface area (Å²) in [4.78, 5) is 4.60. The Morgan fingerprint density at radius 2 is 1.61 bits per heavy atom. The number of hydrogen-bond donors (Lipinski definition) is 0. The molecule has 0 N–H and O–H groups in total. The molecule has 0 aliphatic carbocycles. The number of nitrogens with zero attached hydrogens (tertiary/aromatic N) is 4. The Labute approximate surface area is 139 Å². The van der Waals surface area contributed by atoms with E-state index >= 15 is 0 Å². The second-order valence-electron chi connectivity index (χ2n) is 5.64. The first kappa shape index (κ1) is 17.5. The van der Waals surface area contributed by atoms with E-state index in [1.54, 1.807) is 0 Å². The molecule has 0 saturated heterocycles. The fraction of sp³-hybridized carbons (Fsp3) is 0.556. The van der Waals surface area contributed by atoms with E-state index in [0.29, 0.717) is 11.8 Å². The van der Waals surface area contributed by atoms with Crippen LogP contribution in [0.5, 0.6) is 0 Å². The molecule has 0 unspecified atom stereocenters. The van der Waals surface area contributed by atoms with Crippen molar-refractivity contribution >= 4 is 6.01 Å². The fourth-order valence-electron chi connectivity index (χ4n) is 2.52. The van der Waals surface area contributed by atoms with E-state index in [0.717, 1.165) is 25.2 Å². The molecule has 0 fully saturated rings. The number of aromatic nitrogens is 2. The van der Waals surface area contributed by atoms with Gasteiger partial charge in [0.2, 0.25) is 5.82 Å². The molecule has 0 aliphatic heterocycles. The zero-order chi connectivity index (χ0) is 16.5. The largest absolute Gasteiger partial charge is 0.338 e. The molecular weight excluding hydrogens is 288 g/mol. The van der Waals surface area contributed by atoms with Gasteiger partial charge in [-0.05, 0) is 19.8 Å². The van der Waals surface area contributed by atoms with E-state index in [-0.39, 0.29) is 0 Å². The number of hydrazine groups is 1. The van der Waals surface area contributed by atoms with Gasteiger partial charge in [0.1, 0.15) is 0 Å². The number of unbranched alkanes of at least 4 members (excludes halogenated alkanes) is 2. The van der Waals surface area contributed by atoms with Crippen molar-refractivity contribution in [1.29, 1.82) is 0 Å². The fourth-order valence-corrected chi connectivity index (χ4v) is 2.52. The lowest BCUT2D eigenvalue weighted by Gasteiger charge is -2.32. The summed E-state index contributed by atoms with van der Waals surface area (Å²) in [6.07, 6.45) is 4.69. The van der Waals surface area contributed by atoms with Gasteiger partial charge in [0.25, 0.3) is 0 Å². The van der Waals surface area contributed by atoms with E-state index in [1.165, 1.54) is 25.7 Å². The van der Waals surface area contributed by atoms with E-state index in [1.807, 2.05) is 30.3 Å². The zero-order valence-corrected chi connectivity index (χ0v) is 14.5. The third kappa shape index (κ3) is 4.79. The summed E-state index contributed by atoms with van der Waals surface area (Å²) in [5, 5.41) is 8.60. The molecule has 0 bridgehead atoms. The predicted molar refractivity (Wildman–Crippen MR) is 94.1 cm³/mol. The third-order valence-corrected chi connectivity index (χ3v) is 3.85. The smallest absolute Gasteiger partial charge is 0.313 e. The number of hydrogen-bond acceptors (Lipinski definition) is 5. The van der Waals surface area contributed by atoms with Crippen molar-refractivity contribution in [2.24, 2.45) is 0 Å². The highest BCUT2D eigenvalue weighted by atomic mass is 16.5. The van der Waals surface area contributed by atoms with Crippen molar-refractivity contribution in [3.8, 4) is 11.4 Å². The van der Waals surface area contributed by atoms with E-state index in [4.69, 9.17) is 4.52 Å². The van der Waals surface area contributed by atoms with Gasteiger partial charge in [-0.3, -0.25) is 5.01 Å². The van der Waals surface area contributed by atoms with Gasteiger partial charge in [0.15, 0.2) is 0 Å². The van der Waals surface area contributed by atoms with E-state index in [9.17, 15) is 0 Å². The molecule has 126 valence electrons. The molecule has 0 radical (unpaired) electrons. The first-order valence-corrected chi connectivity index (χ1v) is 8.71. The van der Waals surface area contributed by atoms with Gasteiger partial charge in [-0.2, -0.15) is 4.98 Å². The second-order valence-corrected chi connectivity index (χ2v) is 5.64. The molecule has 0 aliphatic rings. The van der Waals surface area contributed by atoms with Crippen LogP contribution in [0.15, 0.2) is 34.9 Å². The van der Waals surface area contributed by atoms with Gasteiger partial charge in [-0.25, -0.2) is 5.01 Å². The van der Waals surface area contributed by atoms with Crippen LogP contribution < -0.4 is 5.01 Å². The Hall–Kier alpha value is -1.88. The average Bonchev–Trinajstić information content (AvgIpc) is 3.08. The van der Waals surface area contributed by atoms with Crippen molar-refractivity contribution in [2.45, 2.75) is 46.5 Å². The van der Waals surface area contributed by atoms with E-state index < -0.39 is 0 Å². The Balaban J connectivity index is 2.16. The average molecular weight is 316 g/mol. The van der Waals surface area contributed by atoms with Crippen LogP contribution in [0, 0.1) is 0 Å². The summed E-state index contributed by atoms with van der Waals surface area (Å²) < 4.78 is 5.54. The maximum atomic E-state index is 5.54. The third-order valence-electron chi connectivity index (χ3n) is 3.85. The first-order chi connectivity index (χ1) is 11.3. The van der Waals surface area contributed by atoms with Gasteiger partial charge in [0, 0.05) is 25.2 Å². The molecule has 0 saturated carbocycles. The van der Waals surface area contributed by atoms with Crippen LogP contribution in [0.25, 0.3) is 11.4 Å². The Kier molecular flexibility index (Phi) is 7.07. The lowest BCUT2D eigenvalue weighted by atomic mass is 10.2. The molecule has 0 atom stereocenters. The summed E-state index contributed by atoms with van der Waals surface area (Å²) in [6, 6.07) is 10.5. The molecule has 2 aromatic rings. The minimum absolute atomic E-state index is 0.582. The minimum Gasteiger partial charge on any atom is -0.313 e. The van der Waals surface area contributed by atoms with Crippen molar-refractivity contribution in [3.63, 3.8) is 0 Å². The number of rotatable bonds is 10. The highest BCUT2D eigenvalue weighted by Gasteiger charge is 2.20. The Bertz CT molecular complexity index is 547. The Morgan fingerprint density at radius 3 is 2.17 bits per heavy atom. The summed E-state index contributed by atoms with van der Waals surface area (Å²) in [7, 11) is 0. The lowest BCUT2D eigenvalue weighted by Crippen LogP contribution is -2.44. The number of anilines is 1. The van der Waals surface area contributed by atoms with Gasteiger partial charge in [-0.1, -0.05) is 62.2 Å². The van der Waals surface area contributed by atoms with E-state index in [2.05, 4.69) is 40.9 Å². The van der Waals surface area contributed by atoms with Gasteiger partial charge < -0.3 is 4.52 Å². The normalized spacial score (nSPS) is 11.1. The monoisotopic (exact) mass is 316 g/mol. The van der Waals surface area contributed by atoms with Crippen LogP contribution in [-0.2, 0) is 0 Å². The maximum absolute atomic E-state index is 5.54. The summed E-state index contributed by atoms with van der Waals surface area (Å²) in [5.41, 5.74) is 0.979. The second kappa shape index (κ2) is 9.30. The molecule has 0 spiro atoms. The zero-order valence-electron chi connectivity index (χ0n) is 14.5.